The molecule has 0 bridgehead atoms. The molecule has 0 unspecified atom stereocenters. The maximum Gasteiger partial charge on any atom is 0.170 e. The number of hydrogen-bond donors (Lipinski definition) is 2. The summed E-state index contributed by atoms with van der Waals surface area (Å²) in [5.41, 5.74) is 0.347. The lowest BCUT2D eigenvalue weighted by molar-refractivity contribution is 0.146. The van der Waals surface area contributed by atoms with Crippen LogP contribution in [-0.4, -0.2) is 24.9 Å². The Morgan fingerprint density at radius 2 is 2.28 bits per heavy atom. The van der Waals surface area contributed by atoms with Gasteiger partial charge in [0.15, 0.2) is 5.11 Å². The molecule has 0 atom stereocenters. The van der Waals surface area contributed by atoms with Crippen LogP contribution < -0.4 is 10.6 Å². The minimum atomic E-state index is -0.345. The van der Waals surface area contributed by atoms with Gasteiger partial charge in [0.05, 0.1) is 5.69 Å². The summed E-state index contributed by atoms with van der Waals surface area (Å²) in [7, 11) is 0. The molecule has 0 saturated heterocycles. The zero-order chi connectivity index (χ0) is 13.4. The van der Waals surface area contributed by atoms with E-state index in [0.29, 0.717) is 35.0 Å². The van der Waals surface area contributed by atoms with Gasteiger partial charge in [0.1, 0.15) is 5.82 Å². The predicted octanol–water partition coefficient (Wildman–Crippen LogP) is 3.30. The van der Waals surface area contributed by atoms with Gasteiger partial charge in [-0.15, -0.1) is 0 Å². The molecule has 0 amide bonds. The highest BCUT2D eigenvalue weighted by atomic mass is 79.9. The van der Waals surface area contributed by atoms with Gasteiger partial charge in [-0.1, -0.05) is 6.07 Å². The second kappa shape index (κ2) is 8.39. The maximum atomic E-state index is 13.5. The van der Waals surface area contributed by atoms with E-state index in [9.17, 15) is 4.39 Å². The van der Waals surface area contributed by atoms with E-state index in [-0.39, 0.29) is 5.82 Å². The van der Waals surface area contributed by atoms with Crippen LogP contribution in [0, 0.1) is 5.82 Å². The van der Waals surface area contributed by atoms with E-state index < -0.39 is 0 Å². The Labute approximate surface area is 120 Å². The number of halogens is 2. The normalized spacial score (nSPS) is 10.2. The van der Waals surface area contributed by atoms with E-state index >= 15 is 0 Å². The van der Waals surface area contributed by atoms with Crippen molar-refractivity contribution < 1.29 is 9.13 Å². The van der Waals surface area contributed by atoms with E-state index in [4.69, 9.17) is 17.0 Å². The van der Waals surface area contributed by atoms with Crippen molar-refractivity contribution in [3.05, 3.63) is 28.5 Å². The third-order valence-corrected chi connectivity index (χ3v) is 3.06. The lowest BCUT2D eigenvalue weighted by Gasteiger charge is -2.12. The van der Waals surface area contributed by atoms with Crippen LogP contribution in [0.25, 0.3) is 0 Å². The molecular weight excluding hydrogens is 319 g/mol. The lowest BCUT2D eigenvalue weighted by Crippen LogP contribution is -2.30. The standard InChI is InChI=1S/C12H16BrFN2OS/c1-2-17-8-4-7-15-12(18)16-11-9(13)5-3-6-10(11)14/h3,5-6H,2,4,7-8H2,1H3,(H2,15,16,18). The molecule has 1 rings (SSSR count). The van der Waals surface area contributed by atoms with Crippen molar-refractivity contribution >= 4 is 38.9 Å². The fraction of sp³-hybridized carbons (Fsp3) is 0.417. The number of para-hydroxylation sites is 1. The van der Waals surface area contributed by atoms with Gasteiger partial charge in [-0.3, -0.25) is 0 Å². The molecule has 0 aromatic heterocycles. The highest BCUT2D eigenvalue weighted by Crippen LogP contribution is 2.24. The van der Waals surface area contributed by atoms with Gasteiger partial charge in [0, 0.05) is 24.2 Å². The van der Waals surface area contributed by atoms with Gasteiger partial charge in [0.25, 0.3) is 0 Å². The van der Waals surface area contributed by atoms with E-state index in [1.54, 1.807) is 12.1 Å². The summed E-state index contributed by atoms with van der Waals surface area (Å²) in [5, 5.41) is 6.22. The number of anilines is 1. The molecule has 0 aliphatic rings. The van der Waals surface area contributed by atoms with Crippen molar-refractivity contribution in [3.63, 3.8) is 0 Å². The molecule has 100 valence electrons. The quantitative estimate of drug-likeness (QED) is 0.617. The Bertz CT molecular complexity index is 383. The summed E-state index contributed by atoms with van der Waals surface area (Å²) in [6.45, 7) is 4.05. The van der Waals surface area contributed by atoms with Gasteiger partial charge in [0.2, 0.25) is 0 Å². The number of thiocarbonyl (C=S) groups is 1. The number of hydrogen-bond acceptors (Lipinski definition) is 2. The fourth-order valence-corrected chi connectivity index (χ4v) is 1.94. The second-order valence-electron chi connectivity index (χ2n) is 3.53. The zero-order valence-corrected chi connectivity index (χ0v) is 12.5. The summed E-state index contributed by atoms with van der Waals surface area (Å²) in [6.07, 6.45) is 0.855. The van der Waals surface area contributed by atoms with Gasteiger partial charge in [-0.05, 0) is 53.6 Å². The molecule has 0 spiro atoms. The Morgan fingerprint density at radius 1 is 1.50 bits per heavy atom. The SMILES string of the molecule is CCOCCCNC(=S)Nc1c(F)cccc1Br. The Kier molecular flexibility index (Phi) is 7.15. The van der Waals surface area contributed by atoms with E-state index in [2.05, 4.69) is 26.6 Å². The largest absolute Gasteiger partial charge is 0.382 e. The summed E-state index contributed by atoms with van der Waals surface area (Å²) in [5.74, 6) is -0.345. The van der Waals surface area contributed by atoms with E-state index in [1.165, 1.54) is 6.07 Å². The topological polar surface area (TPSA) is 33.3 Å². The molecule has 0 heterocycles. The average molecular weight is 335 g/mol. The van der Waals surface area contributed by atoms with Crippen LogP contribution in [0.1, 0.15) is 13.3 Å². The van der Waals surface area contributed by atoms with E-state index in [0.717, 1.165) is 6.42 Å². The van der Waals surface area contributed by atoms with Gasteiger partial charge in [-0.2, -0.15) is 0 Å². The fourth-order valence-electron chi connectivity index (χ4n) is 1.30. The van der Waals surface area contributed by atoms with Gasteiger partial charge < -0.3 is 15.4 Å². The molecular formula is C12H16BrFN2OS. The maximum absolute atomic E-state index is 13.5. The van der Waals surface area contributed by atoms with Crippen LogP contribution in [0.3, 0.4) is 0 Å². The molecule has 0 fully saturated rings. The Morgan fingerprint density at radius 3 is 2.94 bits per heavy atom. The van der Waals surface area contributed by atoms with Gasteiger partial charge >= 0.3 is 0 Å². The summed E-state index contributed by atoms with van der Waals surface area (Å²) < 4.78 is 19.3. The molecule has 0 aliphatic heterocycles. The molecule has 6 heteroatoms. The first-order valence-electron chi connectivity index (χ1n) is 5.71. The molecule has 2 N–H and O–H groups in total. The lowest BCUT2D eigenvalue weighted by atomic mass is 10.3. The Balaban J connectivity index is 2.36. The predicted molar refractivity (Wildman–Crippen MR) is 79.4 cm³/mol. The second-order valence-corrected chi connectivity index (χ2v) is 4.79. The highest BCUT2D eigenvalue weighted by Gasteiger charge is 2.07. The molecule has 0 aliphatic carbocycles. The van der Waals surface area contributed by atoms with Crippen LogP contribution in [0.15, 0.2) is 22.7 Å². The van der Waals surface area contributed by atoms with Crippen LogP contribution in [0.4, 0.5) is 10.1 Å². The van der Waals surface area contributed by atoms with Crippen LogP contribution in [0.2, 0.25) is 0 Å². The molecule has 3 nitrogen and oxygen atoms in total. The molecule has 18 heavy (non-hydrogen) atoms. The van der Waals surface area contributed by atoms with Crippen LogP contribution in [-0.2, 0) is 4.74 Å². The Hall–Kier alpha value is -0.720. The van der Waals surface area contributed by atoms with Crippen LogP contribution in [0.5, 0.6) is 0 Å². The minimum absolute atomic E-state index is 0.345. The monoisotopic (exact) mass is 334 g/mol. The van der Waals surface area contributed by atoms with Crippen molar-refractivity contribution in [2.45, 2.75) is 13.3 Å². The summed E-state index contributed by atoms with van der Waals surface area (Å²) in [6, 6.07) is 4.76. The third-order valence-electron chi connectivity index (χ3n) is 2.16. The number of benzene rings is 1. The van der Waals surface area contributed by atoms with E-state index in [1.807, 2.05) is 6.92 Å². The highest BCUT2D eigenvalue weighted by molar-refractivity contribution is 9.10. The van der Waals surface area contributed by atoms with Crippen molar-refractivity contribution in [3.8, 4) is 0 Å². The first-order valence-corrected chi connectivity index (χ1v) is 6.92. The molecule has 0 radical (unpaired) electrons. The minimum Gasteiger partial charge on any atom is -0.382 e. The van der Waals surface area contributed by atoms with Gasteiger partial charge in [-0.25, -0.2) is 4.39 Å². The molecule has 1 aromatic rings. The smallest absolute Gasteiger partial charge is 0.170 e. The van der Waals surface area contributed by atoms with Crippen molar-refractivity contribution in [1.82, 2.24) is 5.32 Å². The summed E-state index contributed by atoms with van der Waals surface area (Å²) >= 11 is 8.35. The van der Waals surface area contributed by atoms with Crippen molar-refractivity contribution in [2.24, 2.45) is 0 Å². The number of rotatable bonds is 6. The van der Waals surface area contributed by atoms with Crippen LogP contribution >= 0.6 is 28.1 Å². The van der Waals surface area contributed by atoms with Crippen molar-refractivity contribution in [1.29, 1.82) is 0 Å². The number of ether oxygens (including phenoxy) is 1. The molecule has 1 aromatic carbocycles. The molecule has 0 saturated carbocycles. The van der Waals surface area contributed by atoms with Crippen molar-refractivity contribution in [2.75, 3.05) is 25.1 Å². The average Bonchev–Trinajstić information content (AvgIpc) is 2.34. The number of nitrogens with one attached hydrogen (secondary N) is 2. The zero-order valence-electron chi connectivity index (χ0n) is 10.1. The first-order chi connectivity index (χ1) is 8.65. The summed E-state index contributed by atoms with van der Waals surface area (Å²) in [4.78, 5) is 0. The third kappa shape index (κ3) is 5.29. The first kappa shape index (κ1) is 15.3.